The van der Waals surface area contributed by atoms with Gasteiger partial charge in [-0.1, -0.05) is 13.0 Å². The summed E-state index contributed by atoms with van der Waals surface area (Å²) in [7, 11) is 0. The average molecular weight is 348 g/mol. The molecule has 4 fully saturated rings. The number of nitrogens with one attached hydrogen (secondary N) is 2. The molecule has 0 heterocycles. The van der Waals surface area contributed by atoms with E-state index in [0.717, 1.165) is 19.3 Å². The van der Waals surface area contributed by atoms with Crippen LogP contribution in [0.15, 0.2) is 12.2 Å². The predicted molar refractivity (Wildman–Crippen MR) is 92.6 cm³/mol. The summed E-state index contributed by atoms with van der Waals surface area (Å²) >= 11 is 0. The molecule has 4 aliphatic carbocycles. The second kappa shape index (κ2) is 7.18. The van der Waals surface area contributed by atoms with Gasteiger partial charge in [-0.15, -0.1) is 0 Å². The fraction of sp³-hybridized carbons (Fsp3) is 0.737. The second-order valence-electron chi connectivity index (χ2n) is 8.03. The maximum Gasteiger partial charge on any atom is 0.331 e. The Hall–Kier alpha value is -1.85. The number of carbonyl (C=O) groups is 3. The maximum atomic E-state index is 12.3. The van der Waals surface area contributed by atoms with E-state index in [1.165, 1.54) is 32.3 Å². The molecule has 138 valence electrons. The highest BCUT2D eigenvalue weighted by Gasteiger charge is 2.51. The quantitative estimate of drug-likeness (QED) is 0.591. The third-order valence-electron chi connectivity index (χ3n) is 5.81. The van der Waals surface area contributed by atoms with Gasteiger partial charge in [0.05, 0.1) is 0 Å². The number of allylic oxidation sites excluding steroid dienone is 1. The Labute approximate surface area is 148 Å². The summed E-state index contributed by atoms with van der Waals surface area (Å²) in [4.78, 5) is 35.9. The molecule has 0 aromatic rings. The zero-order valence-electron chi connectivity index (χ0n) is 15.0. The van der Waals surface area contributed by atoms with Gasteiger partial charge in [-0.3, -0.25) is 10.1 Å². The summed E-state index contributed by atoms with van der Waals surface area (Å²) in [5.74, 6) is 0.971. The molecule has 0 radical (unpaired) electrons. The second-order valence-corrected chi connectivity index (χ2v) is 8.03. The summed E-state index contributed by atoms with van der Waals surface area (Å²) in [6.07, 6.45) is 9.59. The number of ether oxygens (including phenoxy) is 1. The highest BCUT2D eigenvalue weighted by molar-refractivity contribution is 5.97. The molecule has 6 heteroatoms. The first kappa shape index (κ1) is 18.0. The molecule has 0 aromatic heterocycles. The molecule has 4 aliphatic rings. The van der Waals surface area contributed by atoms with Crippen molar-refractivity contribution < 1.29 is 19.1 Å². The minimum Gasteiger partial charge on any atom is -0.449 e. The van der Waals surface area contributed by atoms with Crippen LogP contribution in [0.25, 0.3) is 0 Å². The maximum absolute atomic E-state index is 12.3. The van der Waals surface area contributed by atoms with E-state index in [9.17, 15) is 14.4 Å². The van der Waals surface area contributed by atoms with Crippen LogP contribution in [0.2, 0.25) is 0 Å². The number of imide groups is 1. The Balaban J connectivity index is 1.50. The molecule has 4 rings (SSSR count). The van der Waals surface area contributed by atoms with Crippen molar-refractivity contribution in [2.45, 2.75) is 70.4 Å². The fourth-order valence-corrected chi connectivity index (χ4v) is 5.23. The van der Waals surface area contributed by atoms with Gasteiger partial charge >= 0.3 is 12.0 Å². The van der Waals surface area contributed by atoms with Crippen molar-refractivity contribution in [3.63, 3.8) is 0 Å². The number of urea groups is 1. The first-order valence-corrected chi connectivity index (χ1v) is 9.39. The molecule has 4 bridgehead atoms. The van der Waals surface area contributed by atoms with Crippen LogP contribution in [0, 0.1) is 17.8 Å². The summed E-state index contributed by atoms with van der Waals surface area (Å²) < 4.78 is 4.99. The number of esters is 1. The van der Waals surface area contributed by atoms with Gasteiger partial charge in [-0.05, 0) is 69.6 Å². The highest BCUT2D eigenvalue weighted by Crippen LogP contribution is 2.55. The first-order chi connectivity index (χ1) is 11.9. The Morgan fingerprint density at radius 3 is 2.20 bits per heavy atom. The van der Waals surface area contributed by atoms with Gasteiger partial charge < -0.3 is 10.1 Å². The molecule has 0 aliphatic heterocycles. The summed E-state index contributed by atoms with van der Waals surface area (Å²) in [5.41, 5.74) is -0.150. The molecule has 25 heavy (non-hydrogen) atoms. The molecule has 0 spiro atoms. The van der Waals surface area contributed by atoms with E-state index in [-0.39, 0.29) is 5.54 Å². The van der Waals surface area contributed by atoms with Crippen molar-refractivity contribution in [3.05, 3.63) is 12.2 Å². The molecule has 0 aromatic carbocycles. The first-order valence-electron chi connectivity index (χ1n) is 9.39. The topological polar surface area (TPSA) is 84.5 Å². The minimum absolute atomic E-state index is 0.150. The fourth-order valence-electron chi connectivity index (χ4n) is 5.23. The van der Waals surface area contributed by atoms with Crippen molar-refractivity contribution in [3.8, 4) is 0 Å². The highest BCUT2D eigenvalue weighted by atomic mass is 16.5. The Morgan fingerprint density at radius 1 is 1.12 bits per heavy atom. The van der Waals surface area contributed by atoms with Crippen LogP contribution in [-0.2, 0) is 14.3 Å². The number of hydrogen-bond acceptors (Lipinski definition) is 4. The van der Waals surface area contributed by atoms with E-state index in [1.54, 1.807) is 6.08 Å². The molecule has 0 unspecified atom stereocenters. The van der Waals surface area contributed by atoms with Gasteiger partial charge in [-0.25, -0.2) is 9.59 Å². The predicted octanol–water partition coefficient (Wildman–Crippen LogP) is 2.68. The molecule has 4 saturated carbocycles. The van der Waals surface area contributed by atoms with Crippen molar-refractivity contribution in [1.29, 1.82) is 0 Å². The normalized spacial score (nSPS) is 33.9. The lowest BCUT2D eigenvalue weighted by Crippen LogP contribution is -2.62. The lowest BCUT2D eigenvalue weighted by atomic mass is 9.53. The van der Waals surface area contributed by atoms with Gasteiger partial charge in [0.15, 0.2) is 6.10 Å². The van der Waals surface area contributed by atoms with Crippen LogP contribution in [-0.4, -0.2) is 29.6 Å². The summed E-state index contributed by atoms with van der Waals surface area (Å²) in [6, 6.07) is -0.473. The SMILES string of the molecule is CC/C=C/C(=O)O[C@@H](C)C(=O)NC(=O)NC12CC3CC(CC(C3)C1)C2. The standard InChI is InChI=1S/C19H28N2O4/c1-3-4-5-16(22)25-12(2)17(23)20-18(24)21-19-9-13-6-14(10-19)8-15(7-13)11-19/h4-5,12-15H,3,6-11H2,1-2H3,(H2,20,21,23,24)/b5-4+/t12-,13?,14?,15?,19?/m0/s1. The Kier molecular flexibility index (Phi) is 5.16. The molecular formula is C19H28N2O4. The van der Waals surface area contributed by atoms with Crippen LogP contribution in [0.5, 0.6) is 0 Å². The van der Waals surface area contributed by atoms with E-state index < -0.39 is 24.0 Å². The van der Waals surface area contributed by atoms with E-state index in [1.807, 2.05) is 6.92 Å². The Morgan fingerprint density at radius 2 is 1.68 bits per heavy atom. The lowest BCUT2D eigenvalue weighted by Gasteiger charge is -2.56. The van der Waals surface area contributed by atoms with E-state index in [2.05, 4.69) is 10.6 Å². The summed E-state index contributed by atoms with van der Waals surface area (Å²) in [6.45, 7) is 3.36. The lowest BCUT2D eigenvalue weighted by molar-refractivity contribution is -0.149. The molecule has 3 amide bonds. The minimum atomic E-state index is -1.00. The third kappa shape index (κ3) is 4.22. The smallest absolute Gasteiger partial charge is 0.331 e. The molecule has 2 N–H and O–H groups in total. The van der Waals surface area contributed by atoms with Crippen LogP contribution in [0.1, 0.15) is 58.8 Å². The molecule has 6 nitrogen and oxygen atoms in total. The largest absolute Gasteiger partial charge is 0.449 e. The van der Waals surface area contributed by atoms with Gasteiger partial charge in [0.1, 0.15) is 0 Å². The summed E-state index contributed by atoms with van der Waals surface area (Å²) in [5, 5.41) is 5.40. The average Bonchev–Trinajstić information content (AvgIpc) is 2.50. The van der Waals surface area contributed by atoms with Gasteiger partial charge in [0, 0.05) is 11.6 Å². The van der Waals surface area contributed by atoms with Crippen molar-refractivity contribution >= 4 is 17.9 Å². The van der Waals surface area contributed by atoms with Crippen LogP contribution in [0.4, 0.5) is 4.79 Å². The molecular weight excluding hydrogens is 320 g/mol. The Bertz CT molecular complexity index is 549. The van der Waals surface area contributed by atoms with E-state index in [0.29, 0.717) is 24.2 Å². The number of rotatable bonds is 5. The van der Waals surface area contributed by atoms with Crippen molar-refractivity contribution in [2.75, 3.05) is 0 Å². The van der Waals surface area contributed by atoms with E-state index >= 15 is 0 Å². The number of carbonyl (C=O) groups excluding carboxylic acids is 3. The van der Waals surface area contributed by atoms with E-state index in [4.69, 9.17) is 4.74 Å². The van der Waals surface area contributed by atoms with Crippen LogP contribution < -0.4 is 10.6 Å². The number of amides is 3. The number of hydrogen-bond donors (Lipinski definition) is 2. The monoisotopic (exact) mass is 348 g/mol. The van der Waals surface area contributed by atoms with Gasteiger partial charge in [0.25, 0.3) is 5.91 Å². The molecule has 0 saturated heterocycles. The zero-order valence-corrected chi connectivity index (χ0v) is 15.0. The van der Waals surface area contributed by atoms with Crippen LogP contribution >= 0.6 is 0 Å². The third-order valence-corrected chi connectivity index (χ3v) is 5.81. The van der Waals surface area contributed by atoms with Crippen LogP contribution in [0.3, 0.4) is 0 Å². The van der Waals surface area contributed by atoms with Crippen molar-refractivity contribution in [2.24, 2.45) is 17.8 Å². The van der Waals surface area contributed by atoms with Gasteiger partial charge in [0.2, 0.25) is 0 Å². The van der Waals surface area contributed by atoms with Crippen molar-refractivity contribution in [1.82, 2.24) is 10.6 Å². The van der Waals surface area contributed by atoms with Gasteiger partial charge in [-0.2, -0.15) is 0 Å². The molecule has 1 atom stereocenters. The zero-order chi connectivity index (χ0) is 18.0.